The molecule has 1 aromatic rings. The zero-order valence-corrected chi connectivity index (χ0v) is 8.69. The van der Waals surface area contributed by atoms with Crippen molar-refractivity contribution in [3.8, 4) is 0 Å². The van der Waals surface area contributed by atoms with Crippen LogP contribution in [-0.4, -0.2) is 21.7 Å². The van der Waals surface area contributed by atoms with E-state index in [0.717, 1.165) is 18.4 Å². The highest BCUT2D eigenvalue weighted by atomic mass is 16.3. The van der Waals surface area contributed by atoms with E-state index >= 15 is 0 Å². The Kier molecular flexibility index (Phi) is 2.04. The van der Waals surface area contributed by atoms with Gasteiger partial charge in [-0.15, -0.1) is 0 Å². The van der Waals surface area contributed by atoms with Gasteiger partial charge in [-0.2, -0.15) is 0 Å². The quantitative estimate of drug-likeness (QED) is 0.765. The zero-order chi connectivity index (χ0) is 10.3. The molecule has 1 aromatic heterocycles. The first kappa shape index (κ1) is 9.31. The van der Waals surface area contributed by atoms with E-state index in [1.54, 1.807) is 12.4 Å². The van der Waals surface area contributed by atoms with E-state index in [2.05, 4.69) is 10.3 Å². The van der Waals surface area contributed by atoms with Crippen LogP contribution in [0.2, 0.25) is 0 Å². The van der Waals surface area contributed by atoms with Gasteiger partial charge in [0.05, 0.1) is 6.10 Å². The molecule has 0 amide bonds. The second kappa shape index (κ2) is 3.29. The molecule has 2 aliphatic heterocycles. The van der Waals surface area contributed by atoms with E-state index in [4.69, 9.17) is 0 Å². The van der Waals surface area contributed by atoms with Crippen molar-refractivity contribution >= 4 is 0 Å². The van der Waals surface area contributed by atoms with E-state index in [1.165, 1.54) is 12.8 Å². The molecule has 3 heteroatoms. The SMILES string of the molecule is O[C@@H](c1cccnc1)C12CCC(CC1)N2. The number of aromatic nitrogens is 1. The van der Waals surface area contributed by atoms with Crippen LogP contribution in [-0.2, 0) is 0 Å². The van der Waals surface area contributed by atoms with Crippen molar-refractivity contribution in [3.63, 3.8) is 0 Å². The van der Waals surface area contributed by atoms with Gasteiger partial charge in [-0.3, -0.25) is 4.98 Å². The Morgan fingerprint density at radius 2 is 2.27 bits per heavy atom. The lowest BCUT2D eigenvalue weighted by molar-refractivity contribution is 0.0738. The van der Waals surface area contributed by atoms with Crippen LogP contribution < -0.4 is 5.32 Å². The predicted octanol–water partition coefficient (Wildman–Crippen LogP) is 1.40. The van der Waals surface area contributed by atoms with E-state index in [1.807, 2.05) is 12.1 Å². The zero-order valence-electron chi connectivity index (χ0n) is 8.69. The molecular weight excluding hydrogens is 188 g/mol. The predicted molar refractivity (Wildman–Crippen MR) is 57.3 cm³/mol. The summed E-state index contributed by atoms with van der Waals surface area (Å²) in [7, 11) is 0. The van der Waals surface area contributed by atoms with Crippen LogP contribution >= 0.6 is 0 Å². The van der Waals surface area contributed by atoms with Gasteiger partial charge in [0.2, 0.25) is 0 Å². The van der Waals surface area contributed by atoms with Crippen LogP contribution in [0, 0.1) is 0 Å². The van der Waals surface area contributed by atoms with Crippen molar-refractivity contribution in [1.82, 2.24) is 10.3 Å². The minimum absolute atomic E-state index is 0.0618. The van der Waals surface area contributed by atoms with Crippen molar-refractivity contribution in [2.75, 3.05) is 0 Å². The summed E-state index contributed by atoms with van der Waals surface area (Å²) in [6.45, 7) is 0. The molecule has 15 heavy (non-hydrogen) atoms. The molecule has 3 rings (SSSR count). The molecular formula is C12H16N2O. The van der Waals surface area contributed by atoms with Gasteiger partial charge in [0.25, 0.3) is 0 Å². The fraction of sp³-hybridized carbons (Fsp3) is 0.583. The first-order valence-corrected chi connectivity index (χ1v) is 5.66. The molecule has 0 aromatic carbocycles. The normalized spacial score (nSPS) is 35.7. The maximum absolute atomic E-state index is 10.4. The largest absolute Gasteiger partial charge is 0.386 e. The second-order valence-electron chi connectivity index (χ2n) is 4.76. The molecule has 2 N–H and O–H groups in total. The number of nitrogens with one attached hydrogen (secondary N) is 1. The average molecular weight is 204 g/mol. The Morgan fingerprint density at radius 1 is 1.47 bits per heavy atom. The molecule has 0 saturated carbocycles. The number of pyridine rings is 1. The third kappa shape index (κ3) is 1.38. The highest BCUT2D eigenvalue weighted by Gasteiger charge is 2.49. The van der Waals surface area contributed by atoms with Crippen molar-refractivity contribution in [3.05, 3.63) is 30.1 Å². The molecule has 0 radical (unpaired) electrons. The van der Waals surface area contributed by atoms with Crippen LogP contribution in [0.25, 0.3) is 0 Å². The molecule has 2 saturated heterocycles. The summed E-state index contributed by atoms with van der Waals surface area (Å²) in [6, 6.07) is 4.48. The Labute approximate surface area is 89.5 Å². The molecule has 2 bridgehead atoms. The minimum Gasteiger partial charge on any atom is -0.386 e. The Balaban J connectivity index is 1.88. The maximum atomic E-state index is 10.4. The number of fused-ring (bicyclic) bond motifs is 2. The first-order chi connectivity index (χ1) is 7.30. The van der Waals surface area contributed by atoms with Gasteiger partial charge in [-0.1, -0.05) is 6.07 Å². The number of rotatable bonds is 2. The summed E-state index contributed by atoms with van der Waals surface area (Å²) >= 11 is 0. The maximum Gasteiger partial charge on any atom is 0.0986 e. The molecule has 2 fully saturated rings. The lowest BCUT2D eigenvalue weighted by Crippen LogP contribution is -2.42. The van der Waals surface area contributed by atoms with Crippen molar-refractivity contribution in [2.45, 2.75) is 43.4 Å². The van der Waals surface area contributed by atoms with Crippen molar-refractivity contribution < 1.29 is 5.11 Å². The van der Waals surface area contributed by atoms with Crippen LogP contribution in [0.15, 0.2) is 24.5 Å². The first-order valence-electron chi connectivity index (χ1n) is 5.66. The third-order valence-corrected chi connectivity index (χ3v) is 3.89. The molecule has 3 heterocycles. The summed E-state index contributed by atoms with van der Waals surface area (Å²) in [5.74, 6) is 0. The second-order valence-corrected chi connectivity index (χ2v) is 4.76. The number of aliphatic hydroxyl groups is 1. The average Bonchev–Trinajstić information content (AvgIpc) is 2.90. The fourth-order valence-electron chi connectivity index (χ4n) is 3.04. The van der Waals surface area contributed by atoms with E-state index in [0.29, 0.717) is 6.04 Å². The molecule has 2 aliphatic rings. The third-order valence-electron chi connectivity index (χ3n) is 3.89. The highest BCUT2D eigenvalue weighted by Crippen LogP contribution is 2.44. The summed E-state index contributed by atoms with van der Waals surface area (Å²) in [6.07, 6.45) is 7.70. The lowest BCUT2D eigenvalue weighted by Gasteiger charge is -2.31. The van der Waals surface area contributed by atoms with Gasteiger partial charge in [0.1, 0.15) is 0 Å². The summed E-state index contributed by atoms with van der Waals surface area (Å²) in [5.41, 5.74) is 0.876. The van der Waals surface area contributed by atoms with Gasteiger partial charge >= 0.3 is 0 Å². The summed E-state index contributed by atoms with van der Waals surface area (Å²) in [4.78, 5) is 4.07. The fourth-order valence-corrected chi connectivity index (χ4v) is 3.04. The Bertz CT molecular complexity index is 344. The van der Waals surface area contributed by atoms with Crippen molar-refractivity contribution in [1.29, 1.82) is 0 Å². The molecule has 0 aliphatic carbocycles. The van der Waals surface area contributed by atoms with Crippen LogP contribution in [0.4, 0.5) is 0 Å². The highest BCUT2D eigenvalue weighted by molar-refractivity contribution is 5.21. The summed E-state index contributed by atoms with van der Waals surface area (Å²) < 4.78 is 0. The van der Waals surface area contributed by atoms with E-state index in [-0.39, 0.29) is 5.54 Å². The molecule has 1 atom stereocenters. The Morgan fingerprint density at radius 3 is 2.80 bits per heavy atom. The van der Waals surface area contributed by atoms with Crippen LogP contribution in [0.5, 0.6) is 0 Å². The minimum atomic E-state index is -0.404. The van der Waals surface area contributed by atoms with Crippen LogP contribution in [0.1, 0.15) is 37.4 Å². The molecule has 0 spiro atoms. The monoisotopic (exact) mass is 204 g/mol. The molecule has 80 valence electrons. The van der Waals surface area contributed by atoms with Gasteiger partial charge in [0.15, 0.2) is 0 Å². The van der Waals surface area contributed by atoms with Gasteiger partial charge in [0, 0.05) is 29.5 Å². The van der Waals surface area contributed by atoms with Crippen LogP contribution in [0.3, 0.4) is 0 Å². The van der Waals surface area contributed by atoms with Gasteiger partial charge < -0.3 is 10.4 Å². The van der Waals surface area contributed by atoms with Gasteiger partial charge in [-0.25, -0.2) is 0 Å². The number of aliphatic hydroxyl groups excluding tert-OH is 1. The number of hydrogen-bond donors (Lipinski definition) is 2. The smallest absolute Gasteiger partial charge is 0.0986 e. The summed E-state index contributed by atoms with van der Waals surface area (Å²) in [5, 5.41) is 14.0. The lowest BCUT2D eigenvalue weighted by atomic mass is 9.81. The van der Waals surface area contributed by atoms with E-state index < -0.39 is 6.10 Å². The Hall–Kier alpha value is -0.930. The molecule has 0 unspecified atom stereocenters. The number of nitrogens with zero attached hydrogens (tertiary/aromatic N) is 1. The number of hydrogen-bond acceptors (Lipinski definition) is 3. The van der Waals surface area contributed by atoms with Crippen molar-refractivity contribution in [2.24, 2.45) is 0 Å². The van der Waals surface area contributed by atoms with E-state index in [9.17, 15) is 5.11 Å². The molecule has 3 nitrogen and oxygen atoms in total. The standard InChI is InChI=1S/C12H16N2O/c15-11(9-2-1-7-13-8-9)12-5-3-10(14-12)4-6-12/h1-2,7-8,10-11,14-15H,3-6H2/t10?,11-,12?/m0/s1. The van der Waals surface area contributed by atoms with Gasteiger partial charge in [-0.05, 0) is 31.7 Å². The topological polar surface area (TPSA) is 45.2 Å².